The predicted molar refractivity (Wildman–Crippen MR) is 50.9 cm³/mol. The van der Waals surface area contributed by atoms with Gasteiger partial charge in [-0.1, -0.05) is 0 Å². The fourth-order valence-corrected chi connectivity index (χ4v) is 2.69. The zero-order valence-corrected chi connectivity index (χ0v) is 8.00. The van der Waals surface area contributed by atoms with Gasteiger partial charge < -0.3 is 10.6 Å². The zero-order chi connectivity index (χ0) is 8.55. The highest BCUT2D eigenvalue weighted by molar-refractivity contribution is 4.92. The summed E-state index contributed by atoms with van der Waals surface area (Å²) in [7, 11) is 2.23. The first-order valence-corrected chi connectivity index (χ1v) is 5.23. The molecule has 70 valence electrons. The van der Waals surface area contributed by atoms with E-state index >= 15 is 0 Å². The van der Waals surface area contributed by atoms with E-state index in [1.165, 1.54) is 32.2 Å². The molecule has 1 heterocycles. The summed E-state index contributed by atoms with van der Waals surface area (Å²) in [6, 6.07) is 0.686. The van der Waals surface area contributed by atoms with Crippen molar-refractivity contribution in [2.24, 2.45) is 17.6 Å². The van der Waals surface area contributed by atoms with E-state index in [1.54, 1.807) is 0 Å². The van der Waals surface area contributed by atoms with Crippen LogP contribution >= 0.6 is 0 Å². The van der Waals surface area contributed by atoms with Gasteiger partial charge in [0.2, 0.25) is 0 Å². The van der Waals surface area contributed by atoms with Crippen LogP contribution in [0, 0.1) is 11.8 Å². The molecule has 1 aliphatic carbocycles. The van der Waals surface area contributed by atoms with Crippen LogP contribution in [0.3, 0.4) is 0 Å². The van der Waals surface area contributed by atoms with Gasteiger partial charge >= 0.3 is 0 Å². The third kappa shape index (κ3) is 1.50. The molecule has 0 amide bonds. The molecule has 0 bridgehead atoms. The minimum Gasteiger partial charge on any atom is -0.329 e. The van der Waals surface area contributed by atoms with Crippen molar-refractivity contribution in [3.05, 3.63) is 0 Å². The minimum atomic E-state index is 0.686. The van der Waals surface area contributed by atoms with Crippen LogP contribution < -0.4 is 5.73 Å². The van der Waals surface area contributed by atoms with Crippen molar-refractivity contribution in [2.75, 3.05) is 20.1 Å². The maximum atomic E-state index is 5.81. The number of likely N-dealkylation sites (tertiary alicyclic amines) is 1. The van der Waals surface area contributed by atoms with Gasteiger partial charge in [-0.25, -0.2) is 0 Å². The third-order valence-corrected chi connectivity index (χ3v) is 3.58. The Bertz CT molecular complexity index is 154. The lowest BCUT2D eigenvalue weighted by Crippen LogP contribution is -2.47. The molecule has 1 aliphatic heterocycles. The van der Waals surface area contributed by atoms with E-state index in [-0.39, 0.29) is 0 Å². The van der Waals surface area contributed by atoms with Crippen LogP contribution in [0.25, 0.3) is 0 Å². The van der Waals surface area contributed by atoms with Gasteiger partial charge in [0.15, 0.2) is 0 Å². The molecule has 2 nitrogen and oxygen atoms in total. The molecule has 0 spiro atoms. The maximum Gasteiger partial charge on any atom is 0.0246 e. The zero-order valence-electron chi connectivity index (χ0n) is 8.00. The van der Waals surface area contributed by atoms with Crippen molar-refractivity contribution >= 4 is 0 Å². The minimum absolute atomic E-state index is 0.686. The van der Waals surface area contributed by atoms with E-state index in [2.05, 4.69) is 11.9 Å². The number of hydrogen-bond donors (Lipinski definition) is 1. The van der Waals surface area contributed by atoms with E-state index in [1.807, 2.05) is 0 Å². The topological polar surface area (TPSA) is 29.3 Å². The molecule has 2 fully saturated rings. The van der Waals surface area contributed by atoms with Gasteiger partial charge in [-0.15, -0.1) is 0 Å². The molecule has 0 aromatic rings. The first-order valence-electron chi connectivity index (χ1n) is 5.23. The molecule has 2 heteroatoms. The van der Waals surface area contributed by atoms with Crippen molar-refractivity contribution in [3.63, 3.8) is 0 Å². The van der Waals surface area contributed by atoms with Crippen molar-refractivity contribution in [3.8, 4) is 0 Å². The molecule has 1 saturated carbocycles. The Labute approximate surface area is 75.1 Å². The molecule has 0 aromatic heterocycles. The van der Waals surface area contributed by atoms with Crippen LogP contribution in [0.15, 0.2) is 0 Å². The quantitative estimate of drug-likeness (QED) is 0.668. The van der Waals surface area contributed by atoms with Gasteiger partial charge in [-0.3, -0.25) is 0 Å². The van der Waals surface area contributed by atoms with E-state index in [0.717, 1.165) is 18.4 Å². The first-order chi connectivity index (χ1) is 5.83. The van der Waals surface area contributed by atoms with Gasteiger partial charge in [0.25, 0.3) is 0 Å². The van der Waals surface area contributed by atoms with Crippen LogP contribution in [0.1, 0.15) is 25.7 Å². The molecule has 2 aliphatic rings. The summed E-state index contributed by atoms with van der Waals surface area (Å²) in [5.74, 6) is 1.95. The maximum absolute atomic E-state index is 5.81. The molecule has 2 N–H and O–H groups in total. The first kappa shape index (κ1) is 8.52. The van der Waals surface area contributed by atoms with Crippen LogP contribution in [0.5, 0.6) is 0 Å². The second kappa shape index (κ2) is 3.35. The molecule has 2 unspecified atom stereocenters. The van der Waals surface area contributed by atoms with Crippen molar-refractivity contribution in [2.45, 2.75) is 31.7 Å². The summed E-state index contributed by atoms with van der Waals surface area (Å²) in [5, 5.41) is 0. The highest BCUT2D eigenvalue weighted by Gasteiger charge is 2.38. The van der Waals surface area contributed by atoms with Gasteiger partial charge in [-0.2, -0.15) is 0 Å². The van der Waals surface area contributed by atoms with E-state index < -0.39 is 0 Å². The summed E-state index contributed by atoms with van der Waals surface area (Å²) < 4.78 is 0. The predicted octanol–water partition coefficient (Wildman–Crippen LogP) is 1.07. The van der Waals surface area contributed by atoms with Crippen LogP contribution in [0.4, 0.5) is 0 Å². The second-order valence-electron chi connectivity index (χ2n) is 4.43. The van der Waals surface area contributed by atoms with E-state index in [0.29, 0.717) is 6.04 Å². The lowest BCUT2D eigenvalue weighted by Gasteiger charge is -2.38. The Balaban J connectivity index is 1.98. The summed E-state index contributed by atoms with van der Waals surface area (Å²) in [5.41, 5.74) is 5.81. The van der Waals surface area contributed by atoms with Crippen LogP contribution in [-0.2, 0) is 0 Å². The standard InChI is InChI=1S/C10H20N2/c1-12-6-2-3-9(8-4-5-8)10(12)7-11/h8-10H,2-7,11H2,1H3. The summed E-state index contributed by atoms with van der Waals surface area (Å²) in [6.07, 6.45) is 5.75. The van der Waals surface area contributed by atoms with E-state index in [9.17, 15) is 0 Å². The summed E-state index contributed by atoms with van der Waals surface area (Å²) >= 11 is 0. The Hall–Kier alpha value is -0.0800. The molecular weight excluding hydrogens is 148 g/mol. The number of nitrogens with two attached hydrogens (primary N) is 1. The monoisotopic (exact) mass is 168 g/mol. The highest BCUT2D eigenvalue weighted by Crippen LogP contribution is 2.43. The largest absolute Gasteiger partial charge is 0.329 e. The average molecular weight is 168 g/mol. The number of likely N-dealkylation sites (N-methyl/N-ethyl adjacent to an activating group) is 1. The Kier molecular flexibility index (Phi) is 2.37. The van der Waals surface area contributed by atoms with Gasteiger partial charge in [0.1, 0.15) is 0 Å². The van der Waals surface area contributed by atoms with Gasteiger partial charge in [-0.05, 0) is 51.1 Å². The third-order valence-electron chi connectivity index (χ3n) is 3.58. The van der Waals surface area contributed by atoms with Crippen molar-refractivity contribution in [1.82, 2.24) is 4.90 Å². The Morgan fingerprint density at radius 1 is 1.33 bits per heavy atom. The SMILES string of the molecule is CN1CCCC(C2CC2)C1CN. The van der Waals surface area contributed by atoms with Crippen molar-refractivity contribution in [1.29, 1.82) is 0 Å². The number of hydrogen-bond acceptors (Lipinski definition) is 2. The van der Waals surface area contributed by atoms with E-state index in [4.69, 9.17) is 5.73 Å². The van der Waals surface area contributed by atoms with Gasteiger partial charge in [0.05, 0.1) is 0 Å². The normalized spacial score (nSPS) is 38.5. The average Bonchev–Trinajstić information content (AvgIpc) is 2.86. The summed E-state index contributed by atoms with van der Waals surface area (Å²) in [4.78, 5) is 2.46. The fraction of sp³-hybridized carbons (Fsp3) is 1.00. The lowest BCUT2D eigenvalue weighted by molar-refractivity contribution is 0.112. The Morgan fingerprint density at radius 3 is 2.67 bits per heavy atom. The molecule has 2 rings (SSSR count). The molecule has 12 heavy (non-hydrogen) atoms. The molecule has 2 atom stereocenters. The summed E-state index contributed by atoms with van der Waals surface area (Å²) in [6.45, 7) is 2.11. The molecule has 1 saturated heterocycles. The number of piperidine rings is 1. The Morgan fingerprint density at radius 2 is 2.08 bits per heavy atom. The van der Waals surface area contributed by atoms with Crippen LogP contribution in [-0.4, -0.2) is 31.1 Å². The second-order valence-corrected chi connectivity index (χ2v) is 4.43. The van der Waals surface area contributed by atoms with Gasteiger partial charge in [0, 0.05) is 12.6 Å². The smallest absolute Gasteiger partial charge is 0.0246 e. The molecule has 0 aromatic carbocycles. The molecular formula is C10H20N2. The fourth-order valence-electron chi connectivity index (χ4n) is 2.69. The van der Waals surface area contributed by atoms with Crippen molar-refractivity contribution < 1.29 is 0 Å². The lowest BCUT2D eigenvalue weighted by atomic mass is 9.85. The number of nitrogens with zero attached hydrogens (tertiary/aromatic N) is 1. The van der Waals surface area contributed by atoms with Crippen LogP contribution in [0.2, 0.25) is 0 Å². The highest BCUT2D eigenvalue weighted by atomic mass is 15.1. The number of rotatable bonds is 2. The molecule has 0 radical (unpaired) electrons.